The van der Waals surface area contributed by atoms with Crippen molar-refractivity contribution < 1.29 is 0 Å². The largest absolute Gasteiger partial charge is 0.332 e. The standard InChI is InChI=1S/C20H16N6O2/c1-23-17-16(18(27)24(2)20(23)28)25-12-15(13-7-4-3-5-8-13)26(19(25)22-17)14-9-6-10-21-11-14/h3-12H,1-2H3. The molecule has 0 N–H and O–H groups in total. The molecule has 138 valence electrons. The van der Waals surface area contributed by atoms with E-state index in [9.17, 15) is 9.59 Å². The lowest BCUT2D eigenvalue weighted by molar-refractivity contribution is 0.708. The van der Waals surface area contributed by atoms with Crippen LogP contribution in [0, 0.1) is 0 Å². The number of rotatable bonds is 2. The van der Waals surface area contributed by atoms with Gasteiger partial charge in [-0.05, 0) is 12.1 Å². The summed E-state index contributed by atoms with van der Waals surface area (Å²) in [6.07, 6.45) is 5.32. The Hall–Kier alpha value is -3.94. The van der Waals surface area contributed by atoms with Crippen LogP contribution in [-0.2, 0) is 14.1 Å². The van der Waals surface area contributed by atoms with Crippen LogP contribution in [0.4, 0.5) is 0 Å². The maximum Gasteiger partial charge on any atom is 0.332 e. The summed E-state index contributed by atoms with van der Waals surface area (Å²) in [5, 5.41) is 0. The minimum absolute atomic E-state index is 0.348. The highest BCUT2D eigenvalue weighted by molar-refractivity contribution is 5.79. The number of aryl methyl sites for hydroxylation is 1. The predicted octanol–water partition coefficient (Wildman–Crippen LogP) is 1.74. The van der Waals surface area contributed by atoms with Crippen molar-refractivity contribution in [3.8, 4) is 16.9 Å². The van der Waals surface area contributed by atoms with Gasteiger partial charge in [-0.2, -0.15) is 4.98 Å². The number of hydrogen-bond acceptors (Lipinski definition) is 4. The number of nitrogens with zero attached hydrogens (tertiary/aromatic N) is 6. The van der Waals surface area contributed by atoms with Crippen LogP contribution in [0.25, 0.3) is 33.9 Å². The fourth-order valence-corrected chi connectivity index (χ4v) is 3.52. The zero-order chi connectivity index (χ0) is 19.4. The lowest BCUT2D eigenvalue weighted by Gasteiger charge is -2.08. The lowest BCUT2D eigenvalue weighted by atomic mass is 10.1. The summed E-state index contributed by atoms with van der Waals surface area (Å²) in [6.45, 7) is 0. The van der Waals surface area contributed by atoms with E-state index < -0.39 is 5.69 Å². The first-order valence-corrected chi connectivity index (χ1v) is 8.73. The molecule has 0 bridgehead atoms. The second-order valence-electron chi connectivity index (χ2n) is 6.59. The normalized spacial score (nSPS) is 11.5. The lowest BCUT2D eigenvalue weighted by Crippen LogP contribution is -2.37. The van der Waals surface area contributed by atoms with E-state index in [2.05, 4.69) is 9.97 Å². The Kier molecular flexibility index (Phi) is 3.35. The Morgan fingerprint density at radius 2 is 1.71 bits per heavy atom. The van der Waals surface area contributed by atoms with E-state index in [1.54, 1.807) is 23.8 Å². The van der Waals surface area contributed by atoms with Gasteiger partial charge in [-0.15, -0.1) is 0 Å². The molecule has 4 heterocycles. The number of aromatic nitrogens is 6. The fraction of sp³-hybridized carbons (Fsp3) is 0.100. The van der Waals surface area contributed by atoms with Gasteiger partial charge in [0.05, 0.1) is 17.6 Å². The number of fused-ring (bicyclic) bond motifs is 3. The number of imidazole rings is 2. The van der Waals surface area contributed by atoms with Crippen molar-refractivity contribution in [2.24, 2.45) is 14.1 Å². The van der Waals surface area contributed by atoms with Gasteiger partial charge < -0.3 is 0 Å². The van der Waals surface area contributed by atoms with Crippen molar-refractivity contribution in [1.82, 2.24) is 28.1 Å². The van der Waals surface area contributed by atoms with Gasteiger partial charge >= 0.3 is 5.69 Å². The summed E-state index contributed by atoms with van der Waals surface area (Å²) in [6, 6.07) is 13.6. The Morgan fingerprint density at radius 3 is 2.43 bits per heavy atom. The molecule has 0 spiro atoms. The van der Waals surface area contributed by atoms with Crippen LogP contribution in [0.5, 0.6) is 0 Å². The highest BCUT2D eigenvalue weighted by atomic mass is 16.2. The Balaban J connectivity index is 2.00. The van der Waals surface area contributed by atoms with Gasteiger partial charge in [0.2, 0.25) is 5.78 Å². The Labute approximate surface area is 158 Å². The maximum absolute atomic E-state index is 12.8. The van der Waals surface area contributed by atoms with Crippen LogP contribution >= 0.6 is 0 Å². The van der Waals surface area contributed by atoms with Gasteiger partial charge in [0.25, 0.3) is 5.56 Å². The van der Waals surface area contributed by atoms with Gasteiger partial charge in [0, 0.05) is 32.1 Å². The zero-order valence-corrected chi connectivity index (χ0v) is 15.3. The van der Waals surface area contributed by atoms with Crippen molar-refractivity contribution in [1.29, 1.82) is 0 Å². The van der Waals surface area contributed by atoms with Crippen LogP contribution in [0.1, 0.15) is 0 Å². The summed E-state index contributed by atoms with van der Waals surface area (Å²) in [5.41, 5.74) is 2.58. The van der Waals surface area contributed by atoms with Crippen molar-refractivity contribution in [2.45, 2.75) is 0 Å². The molecule has 0 aliphatic heterocycles. The first-order chi connectivity index (χ1) is 13.6. The minimum atomic E-state index is -0.408. The average molecular weight is 372 g/mol. The van der Waals surface area contributed by atoms with Crippen molar-refractivity contribution in [2.75, 3.05) is 0 Å². The number of hydrogen-bond donors (Lipinski definition) is 0. The van der Waals surface area contributed by atoms with Crippen molar-refractivity contribution in [3.63, 3.8) is 0 Å². The van der Waals surface area contributed by atoms with Gasteiger partial charge in [-0.1, -0.05) is 30.3 Å². The average Bonchev–Trinajstić information content (AvgIpc) is 3.28. The molecule has 5 aromatic rings. The molecule has 0 saturated carbocycles. The molecule has 0 saturated heterocycles. The molecule has 8 heteroatoms. The summed E-state index contributed by atoms with van der Waals surface area (Å²) in [4.78, 5) is 34.0. The number of pyridine rings is 1. The Bertz CT molecular complexity index is 1460. The summed E-state index contributed by atoms with van der Waals surface area (Å²) in [7, 11) is 3.09. The smallest absolute Gasteiger partial charge is 0.279 e. The number of benzene rings is 1. The second-order valence-corrected chi connectivity index (χ2v) is 6.59. The van der Waals surface area contributed by atoms with E-state index >= 15 is 0 Å². The summed E-state index contributed by atoms with van der Waals surface area (Å²) < 4.78 is 6.16. The van der Waals surface area contributed by atoms with Gasteiger partial charge in [0.1, 0.15) is 0 Å². The van der Waals surface area contributed by atoms with Crippen LogP contribution in [0.15, 0.2) is 70.6 Å². The third kappa shape index (κ3) is 2.11. The van der Waals surface area contributed by atoms with E-state index in [4.69, 9.17) is 0 Å². The molecule has 4 aromatic heterocycles. The van der Waals surface area contributed by atoms with Gasteiger partial charge in [-0.3, -0.25) is 27.9 Å². The van der Waals surface area contributed by atoms with Crippen LogP contribution in [0.3, 0.4) is 0 Å². The third-order valence-electron chi connectivity index (χ3n) is 4.94. The molecule has 0 amide bonds. The molecule has 1 aromatic carbocycles. The summed E-state index contributed by atoms with van der Waals surface area (Å²) in [5.74, 6) is 0.542. The molecule has 28 heavy (non-hydrogen) atoms. The molecular weight excluding hydrogens is 356 g/mol. The SMILES string of the molecule is Cn1c(=O)c2c(nc3n(-c4cccnc4)c(-c4ccccc4)cn23)n(C)c1=O. The minimum Gasteiger partial charge on any atom is -0.279 e. The molecule has 0 unspecified atom stereocenters. The zero-order valence-electron chi connectivity index (χ0n) is 15.3. The van der Waals surface area contributed by atoms with E-state index in [0.717, 1.165) is 21.5 Å². The molecule has 0 aliphatic rings. The first-order valence-electron chi connectivity index (χ1n) is 8.73. The second kappa shape index (κ2) is 5.78. The molecule has 8 nitrogen and oxygen atoms in total. The fourth-order valence-electron chi connectivity index (χ4n) is 3.52. The van der Waals surface area contributed by atoms with Crippen LogP contribution in [0.2, 0.25) is 0 Å². The molecular formula is C20H16N6O2. The van der Waals surface area contributed by atoms with Crippen LogP contribution < -0.4 is 11.2 Å². The monoisotopic (exact) mass is 372 g/mol. The van der Waals surface area contributed by atoms with Gasteiger partial charge in [-0.25, -0.2) is 4.79 Å². The topological polar surface area (TPSA) is 79.1 Å². The highest BCUT2D eigenvalue weighted by Crippen LogP contribution is 2.28. The van der Waals surface area contributed by atoms with Gasteiger partial charge in [0.15, 0.2) is 11.2 Å². The predicted molar refractivity (Wildman–Crippen MR) is 106 cm³/mol. The van der Waals surface area contributed by atoms with E-state index in [-0.39, 0.29) is 5.56 Å². The quantitative estimate of drug-likeness (QED) is 0.473. The van der Waals surface area contributed by atoms with Crippen molar-refractivity contribution in [3.05, 3.63) is 81.9 Å². The molecule has 5 rings (SSSR count). The summed E-state index contributed by atoms with van der Waals surface area (Å²) >= 11 is 0. The van der Waals surface area contributed by atoms with E-state index in [0.29, 0.717) is 16.9 Å². The highest BCUT2D eigenvalue weighted by Gasteiger charge is 2.21. The third-order valence-corrected chi connectivity index (χ3v) is 4.94. The van der Waals surface area contributed by atoms with Crippen LogP contribution in [-0.4, -0.2) is 28.1 Å². The molecule has 0 atom stereocenters. The molecule has 0 fully saturated rings. The van der Waals surface area contributed by atoms with E-state index in [1.165, 1.54) is 11.6 Å². The molecule has 0 aliphatic carbocycles. The maximum atomic E-state index is 12.8. The first kappa shape index (κ1) is 16.2. The van der Waals surface area contributed by atoms with E-state index in [1.807, 2.05) is 53.2 Å². The molecule has 0 radical (unpaired) electrons. The Morgan fingerprint density at radius 1 is 0.929 bits per heavy atom. The van der Waals surface area contributed by atoms with Crippen molar-refractivity contribution >= 4 is 16.9 Å².